The van der Waals surface area contributed by atoms with Crippen LogP contribution in [0.3, 0.4) is 0 Å². The van der Waals surface area contributed by atoms with E-state index in [0.717, 1.165) is 5.82 Å². The molecule has 0 aliphatic carbocycles. The van der Waals surface area contributed by atoms with Crippen molar-refractivity contribution in [3.05, 3.63) is 24.3 Å². The van der Waals surface area contributed by atoms with Gasteiger partial charge in [-0.15, -0.1) is 0 Å². The van der Waals surface area contributed by atoms with Crippen LogP contribution in [0.2, 0.25) is 0 Å². The summed E-state index contributed by atoms with van der Waals surface area (Å²) in [7, 11) is 0. The van der Waals surface area contributed by atoms with E-state index < -0.39 is 0 Å². The maximum Gasteiger partial charge on any atom is 0.135 e. The van der Waals surface area contributed by atoms with Crippen molar-refractivity contribution < 1.29 is 4.79 Å². The van der Waals surface area contributed by atoms with Gasteiger partial charge in [-0.25, -0.2) is 9.97 Å². The zero-order valence-corrected chi connectivity index (χ0v) is 8.03. The Morgan fingerprint density at radius 2 is 2.00 bits per heavy atom. The van der Waals surface area contributed by atoms with Gasteiger partial charge in [-0.3, -0.25) is 4.79 Å². The van der Waals surface area contributed by atoms with Gasteiger partial charge in [0, 0.05) is 31.2 Å². The Morgan fingerprint density at radius 3 is 2.54 bits per heavy atom. The van der Waals surface area contributed by atoms with Gasteiger partial charge in [0.1, 0.15) is 11.6 Å². The number of hydrogen-bond donors (Lipinski definition) is 0. The Bertz CT molecular complexity index is 270. The highest BCUT2D eigenvalue weighted by Crippen LogP contribution is 2.02. The third-order valence-corrected chi connectivity index (χ3v) is 1.86. The van der Waals surface area contributed by atoms with Crippen LogP contribution >= 0.6 is 0 Å². The normalized spacial score (nSPS) is 10.4. The molecule has 0 fully saturated rings. The van der Waals surface area contributed by atoms with Crippen molar-refractivity contribution in [3.63, 3.8) is 0 Å². The Balaban J connectivity index is 2.40. The van der Waals surface area contributed by atoms with Gasteiger partial charge in [0.15, 0.2) is 0 Å². The van der Waals surface area contributed by atoms with Crippen LogP contribution < -0.4 is 0 Å². The maximum atomic E-state index is 11.3. The van der Waals surface area contributed by atoms with E-state index in [-0.39, 0.29) is 11.7 Å². The fraction of sp³-hybridized carbons (Fsp3) is 0.500. The lowest BCUT2D eigenvalue weighted by molar-refractivity contribution is -0.121. The molecule has 13 heavy (non-hydrogen) atoms. The molecule has 0 saturated carbocycles. The van der Waals surface area contributed by atoms with Crippen molar-refractivity contribution in [3.8, 4) is 0 Å². The Kier molecular flexibility index (Phi) is 3.55. The first-order valence-electron chi connectivity index (χ1n) is 4.48. The minimum atomic E-state index is 0.115. The molecule has 0 aliphatic heterocycles. The second-order valence-corrected chi connectivity index (χ2v) is 3.29. The smallest absolute Gasteiger partial charge is 0.135 e. The zero-order valence-electron chi connectivity index (χ0n) is 8.03. The molecule has 0 amide bonds. The molecule has 1 rings (SSSR count). The van der Waals surface area contributed by atoms with E-state index in [1.807, 2.05) is 13.8 Å². The van der Waals surface area contributed by atoms with E-state index in [1.54, 1.807) is 18.5 Å². The average molecular weight is 178 g/mol. The minimum absolute atomic E-state index is 0.115. The number of Topliss-reactive ketones (excluding diaryl/α,β-unsaturated/α-hetero) is 1. The zero-order chi connectivity index (χ0) is 9.68. The second kappa shape index (κ2) is 4.70. The van der Waals surface area contributed by atoms with Crippen molar-refractivity contribution in [2.24, 2.45) is 5.92 Å². The topological polar surface area (TPSA) is 42.9 Å². The quantitative estimate of drug-likeness (QED) is 0.703. The molecule has 1 heterocycles. The molecule has 70 valence electrons. The summed E-state index contributed by atoms with van der Waals surface area (Å²) in [6, 6.07) is 1.77. The number of carbonyl (C=O) groups excluding carboxylic acids is 1. The SMILES string of the molecule is CC(C)C(=O)CCc1ncccn1. The average Bonchev–Trinajstić information content (AvgIpc) is 2.15. The third-order valence-electron chi connectivity index (χ3n) is 1.86. The molecule has 0 N–H and O–H groups in total. The van der Waals surface area contributed by atoms with Crippen molar-refractivity contribution >= 4 is 5.78 Å². The molecule has 0 aromatic carbocycles. The molecule has 0 aliphatic rings. The molecule has 0 radical (unpaired) electrons. The summed E-state index contributed by atoms with van der Waals surface area (Å²) >= 11 is 0. The fourth-order valence-corrected chi connectivity index (χ4v) is 0.983. The van der Waals surface area contributed by atoms with Crippen LogP contribution in [0.4, 0.5) is 0 Å². The van der Waals surface area contributed by atoms with Crippen LogP contribution in [0.1, 0.15) is 26.1 Å². The van der Waals surface area contributed by atoms with E-state index in [2.05, 4.69) is 9.97 Å². The van der Waals surface area contributed by atoms with Crippen molar-refractivity contribution in [2.75, 3.05) is 0 Å². The number of nitrogens with zero attached hydrogens (tertiary/aromatic N) is 2. The predicted octanol–water partition coefficient (Wildman–Crippen LogP) is 1.63. The van der Waals surface area contributed by atoms with Crippen LogP contribution in [-0.2, 0) is 11.2 Å². The van der Waals surface area contributed by atoms with E-state index in [9.17, 15) is 4.79 Å². The van der Waals surface area contributed by atoms with Crippen molar-refractivity contribution in [1.82, 2.24) is 9.97 Å². The van der Waals surface area contributed by atoms with Crippen molar-refractivity contribution in [1.29, 1.82) is 0 Å². The lowest BCUT2D eigenvalue weighted by Crippen LogP contribution is -2.08. The lowest BCUT2D eigenvalue weighted by atomic mass is 10.0. The Morgan fingerprint density at radius 1 is 1.38 bits per heavy atom. The first-order valence-corrected chi connectivity index (χ1v) is 4.48. The molecule has 0 atom stereocenters. The largest absolute Gasteiger partial charge is 0.299 e. The molecular weight excluding hydrogens is 164 g/mol. The Labute approximate surface area is 78.2 Å². The van der Waals surface area contributed by atoms with Gasteiger partial charge in [-0.05, 0) is 6.07 Å². The van der Waals surface area contributed by atoms with Gasteiger partial charge >= 0.3 is 0 Å². The monoisotopic (exact) mass is 178 g/mol. The number of carbonyl (C=O) groups is 1. The highest BCUT2D eigenvalue weighted by Gasteiger charge is 2.07. The van der Waals surface area contributed by atoms with E-state index >= 15 is 0 Å². The number of aryl methyl sites for hydroxylation is 1. The molecule has 3 nitrogen and oxygen atoms in total. The summed E-state index contributed by atoms with van der Waals surface area (Å²) in [6.07, 6.45) is 4.59. The fourth-order valence-electron chi connectivity index (χ4n) is 0.983. The van der Waals surface area contributed by atoms with Gasteiger partial charge in [-0.2, -0.15) is 0 Å². The Hall–Kier alpha value is -1.25. The number of aromatic nitrogens is 2. The molecule has 1 aromatic heterocycles. The van der Waals surface area contributed by atoms with Crippen LogP contribution in [0.5, 0.6) is 0 Å². The second-order valence-electron chi connectivity index (χ2n) is 3.29. The molecule has 0 spiro atoms. The third kappa shape index (κ3) is 3.32. The summed E-state index contributed by atoms with van der Waals surface area (Å²) in [4.78, 5) is 19.4. The number of ketones is 1. The highest BCUT2D eigenvalue weighted by atomic mass is 16.1. The lowest BCUT2D eigenvalue weighted by Gasteiger charge is -2.02. The molecule has 0 saturated heterocycles. The van der Waals surface area contributed by atoms with E-state index in [4.69, 9.17) is 0 Å². The summed E-state index contributed by atoms with van der Waals surface area (Å²) in [5.41, 5.74) is 0. The first-order chi connectivity index (χ1) is 6.20. The van der Waals surface area contributed by atoms with Crippen LogP contribution in [0.25, 0.3) is 0 Å². The van der Waals surface area contributed by atoms with Crippen LogP contribution in [0, 0.1) is 5.92 Å². The minimum Gasteiger partial charge on any atom is -0.299 e. The number of hydrogen-bond acceptors (Lipinski definition) is 3. The van der Waals surface area contributed by atoms with E-state index in [1.165, 1.54) is 0 Å². The molecular formula is C10H14N2O. The van der Waals surface area contributed by atoms with Crippen molar-refractivity contribution in [2.45, 2.75) is 26.7 Å². The summed E-state index contributed by atoms with van der Waals surface area (Å²) in [5.74, 6) is 1.13. The van der Waals surface area contributed by atoms with Crippen LogP contribution in [0.15, 0.2) is 18.5 Å². The first kappa shape index (κ1) is 9.84. The van der Waals surface area contributed by atoms with Gasteiger partial charge in [-0.1, -0.05) is 13.8 Å². The standard InChI is InChI=1S/C10H14N2O/c1-8(2)9(13)4-5-10-11-6-3-7-12-10/h3,6-8H,4-5H2,1-2H3. The summed E-state index contributed by atoms with van der Waals surface area (Å²) in [6.45, 7) is 3.82. The highest BCUT2D eigenvalue weighted by molar-refractivity contribution is 5.80. The van der Waals surface area contributed by atoms with E-state index in [0.29, 0.717) is 12.8 Å². The molecule has 0 unspecified atom stereocenters. The maximum absolute atomic E-state index is 11.3. The molecule has 0 bridgehead atoms. The number of rotatable bonds is 4. The van der Waals surface area contributed by atoms with Gasteiger partial charge in [0.25, 0.3) is 0 Å². The van der Waals surface area contributed by atoms with Crippen LogP contribution in [-0.4, -0.2) is 15.8 Å². The van der Waals surface area contributed by atoms with Gasteiger partial charge in [0.05, 0.1) is 0 Å². The molecule has 3 heteroatoms. The van der Waals surface area contributed by atoms with Gasteiger partial charge < -0.3 is 0 Å². The molecule has 1 aromatic rings. The predicted molar refractivity (Wildman–Crippen MR) is 50.2 cm³/mol. The van der Waals surface area contributed by atoms with Gasteiger partial charge in [0.2, 0.25) is 0 Å². The summed E-state index contributed by atoms with van der Waals surface area (Å²) < 4.78 is 0. The summed E-state index contributed by atoms with van der Waals surface area (Å²) in [5, 5.41) is 0.